The lowest BCUT2D eigenvalue weighted by molar-refractivity contribution is 0.598. The van der Waals surface area contributed by atoms with Crippen molar-refractivity contribution in [3.8, 4) is 0 Å². The molecular weight excluding hydrogens is 254 g/mol. The van der Waals surface area contributed by atoms with Gasteiger partial charge in [-0.15, -0.1) is 11.3 Å². The predicted molar refractivity (Wildman–Crippen MR) is 80.8 cm³/mol. The fraction of sp³-hybridized carbons (Fsp3) is 0.400. The molecule has 0 spiro atoms. The molecule has 0 bridgehead atoms. The molecule has 3 nitrogen and oxygen atoms in total. The molecule has 1 unspecified atom stereocenters. The van der Waals surface area contributed by atoms with Crippen LogP contribution in [0.15, 0.2) is 24.3 Å². The zero-order chi connectivity index (χ0) is 13.4. The van der Waals surface area contributed by atoms with Crippen molar-refractivity contribution in [2.75, 3.05) is 11.4 Å². The number of aromatic nitrogens is 1. The summed E-state index contributed by atoms with van der Waals surface area (Å²) in [6.45, 7) is 5.98. The van der Waals surface area contributed by atoms with Crippen LogP contribution in [0.1, 0.15) is 21.1 Å². The topological polar surface area (TPSA) is 42.2 Å². The minimum Gasteiger partial charge on any atom is -0.363 e. The molecule has 0 saturated carbocycles. The molecule has 0 saturated heterocycles. The molecule has 2 N–H and O–H groups in total. The molecule has 0 fully saturated rings. The highest BCUT2D eigenvalue weighted by molar-refractivity contribution is 7.11. The van der Waals surface area contributed by atoms with Crippen molar-refractivity contribution in [2.45, 2.75) is 32.9 Å². The summed E-state index contributed by atoms with van der Waals surface area (Å²) in [7, 11) is 0. The Morgan fingerprint density at radius 2 is 2.16 bits per heavy atom. The summed E-state index contributed by atoms with van der Waals surface area (Å²) in [5.74, 6) is 0. The maximum Gasteiger partial charge on any atom is 0.112 e. The van der Waals surface area contributed by atoms with Crippen LogP contribution in [-0.2, 0) is 13.0 Å². The molecule has 4 heteroatoms. The summed E-state index contributed by atoms with van der Waals surface area (Å²) in [5, 5.41) is 1.18. The average molecular weight is 273 g/mol. The summed E-state index contributed by atoms with van der Waals surface area (Å²) in [4.78, 5) is 8.31. The number of anilines is 1. The smallest absolute Gasteiger partial charge is 0.112 e. The Hall–Kier alpha value is -1.39. The van der Waals surface area contributed by atoms with Gasteiger partial charge in [-0.3, -0.25) is 0 Å². The molecule has 0 amide bonds. The fourth-order valence-electron chi connectivity index (χ4n) is 2.64. The van der Waals surface area contributed by atoms with Gasteiger partial charge in [0, 0.05) is 23.2 Å². The van der Waals surface area contributed by atoms with Crippen LogP contribution >= 0.6 is 11.3 Å². The Morgan fingerprint density at radius 1 is 1.37 bits per heavy atom. The van der Waals surface area contributed by atoms with E-state index in [1.165, 1.54) is 21.1 Å². The number of nitrogens with two attached hydrogens (primary N) is 1. The number of nitrogens with zero attached hydrogens (tertiary/aromatic N) is 2. The molecule has 0 radical (unpaired) electrons. The minimum absolute atomic E-state index is 0.219. The number of aryl methyl sites for hydroxylation is 2. The maximum absolute atomic E-state index is 6.17. The van der Waals surface area contributed by atoms with Crippen LogP contribution in [0, 0.1) is 13.8 Å². The molecule has 3 rings (SSSR count). The van der Waals surface area contributed by atoms with Crippen molar-refractivity contribution in [1.82, 2.24) is 4.98 Å². The Morgan fingerprint density at radius 3 is 2.89 bits per heavy atom. The largest absolute Gasteiger partial charge is 0.363 e. The highest BCUT2D eigenvalue weighted by Gasteiger charge is 2.22. The summed E-state index contributed by atoms with van der Waals surface area (Å²) < 4.78 is 0. The van der Waals surface area contributed by atoms with Gasteiger partial charge < -0.3 is 10.6 Å². The van der Waals surface area contributed by atoms with E-state index in [2.05, 4.69) is 48.0 Å². The molecule has 2 aromatic rings. The van der Waals surface area contributed by atoms with Gasteiger partial charge in [0.1, 0.15) is 5.01 Å². The summed E-state index contributed by atoms with van der Waals surface area (Å²) in [6.07, 6.45) is 0.975. The molecule has 2 heterocycles. The average Bonchev–Trinajstić information content (AvgIpc) is 2.68. The first-order valence-electron chi connectivity index (χ1n) is 6.65. The molecule has 1 atom stereocenters. The van der Waals surface area contributed by atoms with Crippen LogP contribution in [0.4, 0.5) is 5.69 Å². The van der Waals surface area contributed by atoms with Crippen LogP contribution in [0.3, 0.4) is 0 Å². The molecule has 100 valence electrons. The standard InChI is InChI=1S/C15H19N3S/c1-10-11(2)19-15(17-10)9-18-8-13(16)7-12-5-3-4-6-14(12)18/h3-6,13H,7-9,16H2,1-2H3. The third-order valence-corrected chi connectivity index (χ3v) is 4.73. The van der Waals surface area contributed by atoms with Crippen molar-refractivity contribution in [3.05, 3.63) is 45.4 Å². The van der Waals surface area contributed by atoms with Crippen LogP contribution < -0.4 is 10.6 Å². The van der Waals surface area contributed by atoms with E-state index in [0.717, 1.165) is 25.2 Å². The quantitative estimate of drug-likeness (QED) is 0.914. The number of rotatable bonds is 2. The normalized spacial score (nSPS) is 18.5. The summed E-state index contributed by atoms with van der Waals surface area (Å²) in [6, 6.07) is 8.78. The maximum atomic E-state index is 6.17. The number of para-hydroxylation sites is 1. The molecule has 1 aromatic heterocycles. The number of benzene rings is 1. The number of hydrogen-bond donors (Lipinski definition) is 1. The molecular formula is C15H19N3S. The SMILES string of the molecule is Cc1nc(CN2CC(N)Cc3ccccc32)sc1C. The Bertz CT molecular complexity index is 571. The second-order valence-electron chi connectivity index (χ2n) is 5.22. The van der Waals surface area contributed by atoms with Crippen LogP contribution in [0.2, 0.25) is 0 Å². The minimum atomic E-state index is 0.219. The first-order chi connectivity index (χ1) is 9.13. The van der Waals surface area contributed by atoms with Crippen molar-refractivity contribution in [1.29, 1.82) is 0 Å². The monoisotopic (exact) mass is 273 g/mol. The Kier molecular flexibility index (Phi) is 3.29. The van der Waals surface area contributed by atoms with E-state index < -0.39 is 0 Å². The van der Waals surface area contributed by atoms with E-state index in [4.69, 9.17) is 5.73 Å². The highest BCUT2D eigenvalue weighted by atomic mass is 32.1. The third kappa shape index (κ3) is 2.51. The molecule has 1 aromatic carbocycles. The number of fused-ring (bicyclic) bond motifs is 1. The highest BCUT2D eigenvalue weighted by Crippen LogP contribution is 2.29. The van der Waals surface area contributed by atoms with Crippen LogP contribution in [0.25, 0.3) is 0 Å². The van der Waals surface area contributed by atoms with E-state index in [1.54, 1.807) is 11.3 Å². The van der Waals surface area contributed by atoms with Gasteiger partial charge in [0.15, 0.2) is 0 Å². The van der Waals surface area contributed by atoms with Crippen molar-refractivity contribution >= 4 is 17.0 Å². The third-order valence-electron chi connectivity index (χ3n) is 3.67. The zero-order valence-electron chi connectivity index (χ0n) is 11.4. The van der Waals surface area contributed by atoms with Gasteiger partial charge in [0.05, 0.1) is 12.2 Å². The lowest BCUT2D eigenvalue weighted by atomic mass is 9.98. The van der Waals surface area contributed by atoms with Crippen LogP contribution in [0.5, 0.6) is 0 Å². The van der Waals surface area contributed by atoms with E-state index in [9.17, 15) is 0 Å². The first kappa shape index (κ1) is 12.6. The second-order valence-corrected chi connectivity index (χ2v) is 6.51. The molecule has 1 aliphatic heterocycles. The first-order valence-corrected chi connectivity index (χ1v) is 7.46. The van der Waals surface area contributed by atoms with Gasteiger partial charge in [-0.05, 0) is 31.9 Å². The van der Waals surface area contributed by atoms with Crippen molar-refractivity contribution < 1.29 is 0 Å². The van der Waals surface area contributed by atoms with Gasteiger partial charge in [0.2, 0.25) is 0 Å². The van der Waals surface area contributed by atoms with Crippen molar-refractivity contribution in [2.24, 2.45) is 5.73 Å². The van der Waals surface area contributed by atoms with E-state index in [0.29, 0.717) is 0 Å². The summed E-state index contributed by atoms with van der Waals surface area (Å²) >= 11 is 1.79. The van der Waals surface area contributed by atoms with Gasteiger partial charge in [0.25, 0.3) is 0 Å². The Balaban J connectivity index is 1.88. The Labute approximate surface area is 118 Å². The summed E-state index contributed by atoms with van der Waals surface area (Å²) in [5.41, 5.74) is 9.99. The number of hydrogen-bond acceptors (Lipinski definition) is 4. The van der Waals surface area contributed by atoms with E-state index in [-0.39, 0.29) is 6.04 Å². The van der Waals surface area contributed by atoms with E-state index >= 15 is 0 Å². The lowest BCUT2D eigenvalue weighted by Crippen LogP contribution is -2.42. The number of thiazole rings is 1. The van der Waals surface area contributed by atoms with Gasteiger partial charge in [-0.25, -0.2) is 4.98 Å². The zero-order valence-corrected chi connectivity index (χ0v) is 12.2. The molecule has 1 aliphatic rings. The molecule has 0 aliphatic carbocycles. The van der Waals surface area contributed by atoms with Gasteiger partial charge in [-0.1, -0.05) is 18.2 Å². The fourth-order valence-corrected chi connectivity index (χ4v) is 3.59. The molecule has 19 heavy (non-hydrogen) atoms. The van der Waals surface area contributed by atoms with Crippen LogP contribution in [-0.4, -0.2) is 17.6 Å². The van der Waals surface area contributed by atoms with E-state index in [1.807, 2.05) is 0 Å². The second kappa shape index (κ2) is 4.94. The lowest BCUT2D eigenvalue weighted by Gasteiger charge is -2.34. The van der Waals surface area contributed by atoms with Crippen molar-refractivity contribution in [3.63, 3.8) is 0 Å². The predicted octanol–water partition coefficient (Wildman–Crippen LogP) is 2.65. The van der Waals surface area contributed by atoms with Gasteiger partial charge >= 0.3 is 0 Å². The van der Waals surface area contributed by atoms with Gasteiger partial charge in [-0.2, -0.15) is 0 Å².